The minimum atomic E-state index is -1.70. The summed E-state index contributed by atoms with van der Waals surface area (Å²) in [6, 6.07) is 9.15. The van der Waals surface area contributed by atoms with E-state index in [2.05, 4.69) is 20.3 Å². The Morgan fingerprint density at radius 1 is 0.667 bits per heavy atom. The van der Waals surface area contributed by atoms with Crippen LogP contribution in [-0.4, -0.2) is 20.5 Å². The molecule has 9 heteroatoms. The van der Waals surface area contributed by atoms with Crippen LogP contribution in [0.3, 0.4) is 0 Å². The van der Waals surface area contributed by atoms with Crippen LogP contribution in [0.4, 0.5) is 5.95 Å². The largest absolute Gasteiger partial charge is 0.336 e. The highest BCUT2D eigenvalue weighted by atomic mass is 15.2. The molecule has 24 heavy (non-hydrogen) atoms. The van der Waals surface area contributed by atoms with E-state index >= 15 is 0 Å². The van der Waals surface area contributed by atoms with E-state index in [0.29, 0.717) is 0 Å². The molecule has 9 nitrogen and oxygen atoms in total. The van der Waals surface area contributed by atoms with Crippen molar-refractivity contribution in [1.82, 2.24) is 15.0 Å². The highest BCUT2D eigenvalue weighted by Crippen LogP contribution is 2.25. The fourth-order valence-corrected chi connectivity index (χ4v) is 1.44. The summed E-state index contributed by atoms with van der Waals surface area (Å²) in [7, 11) is 0. The molecular formula is C15H13N9. The van der Waals surface area contributed by atoms with E-state index in [1.165, 1.54) is 13.8 Å². The van der Waals surface area contributed by atoms with Crippen molar-refractivity contribution in [2.75, 3.05) is 5.32 Å². The third-order valence-corrected chi connectivity index (χ3v) is 3.13. The van der Waals surface area contributed by atoms with E-state index < -0.39 is 16.4 Å². The van der Waals surface area contributed by atoms with Crippen LogP contribution in [0.2, 0.25) is 0 Å². The highest BCUT2D eigenvalue weighted by molar-refractivity contribution is 5.41. The van der Waals surface area contributed by atoms with Gasteiger partial charge in [0.2, 0.25) is 5.95 Å². The predicted molar refractivity (Wildman–Crippen MR) is 80.3 cm³/mol. The molecule has 1 rings (SSSR count). The fraction of sp³-hybridized carbons (Fsp3) is 0.467. The number of nitriles is 5. The van der Waals surface area contributed by atoms with Crippen molar-refractivity contribution in [3.05, 3.63) is 11.6 Å². The number of nitrogens with zero attached hydrogens (tertiary/aromatic N) is 8. The van der Waals surface area contributed by atoms with Gasteiger partial charge in [0.05, 0.1) is 30.3 Å². The van der Waals surface area contributed by atoms with Gasteiger partial charge in [0.25, 0.3) is 0 Å². The molecular weight excluding hydrogens is 306 g/mol. The lowest BCUT2D eigenvalue weighted by atomic mass is 9.91. The smallest absolute Gasteiger partial charge is 0.227 e. The van der Waals surface area contributed by atoms with Crippen LogP contribution in [-0.2, 0) is 10.8 Å². The molecule has 1 heterocycles. The molecule has 0 atom stereocenters. The van der Waals surface area contributed by atoms with Gasteiger partial charge < -0.3 is 5.32 Å². The number of rotatable bonds is 4. The van der Waals surface area contributed by atoms with Gasteiger partial charge in [-0.05, 0) is 27.7 Å². The molecule has 0 spiro atoms. The first-order valence-electron chi connectivity index (χ1n) is 6.71. The molecule has 0 aliphatic rings. The summed E-state index contributed by atoms with van der Waals surface area (Å²) in [5.41, 5.74) is -4.45. The summed E-state index contributed by atoms with van der Waals surface area (Å²) in [5.74, 6) is -0.508. The maximum absolute atomic E-state index is 9.24. The van der Waals surface area contributed by atoms with Gasteiger partial charge in [0, 0.05) is 0 Å². The molecule has 0 saturated heterocycles. The molecule has 0 bridgehead atoms. The Hall–Kier alpha value is -3.74. The first kappa shape index (κ1) is 18.3. The number of hydrogen-bond acceptors (Lipinski definition) is 9. The van der Waals surface area contributed by atoms with Crippen LogP contribution in [0.15, 0.2) is 0 Å². The van der Waals surface area contributed by atoms with Crippen molar-refractivity contribution in [2.45, 2.75) is 44.1 Å². The quantitative estimate of drug-likeness (QED) is 0.855. The van der Waals surface area contributed by atoms with Crippen LogP contribution in [0.5, 0.6) is 0 Å². The average molecular weight is 319 g/mol. The Morgan fingerprint density at radius 2 is 1.04 bits per heavy atom. The second-order valence-electron chi connectivity index (χ2n) is 5.87. The molecule has 118 valence electrons. The van der Waals surface area contributed by atoms with Gasteiger partial charge in [-0.2, -0.15) is 36.3 Å². The van der Waals surface area contributed by atoms with Crippen molar-refractivity contribution in [2.24, 2.45) is 0 Å². The SMILES string of the molecule is CC(C)(C#N)Nc1nc(C(C)(C#N)C#N)nc(C(C)(C#N)C#N)n1. The molecule has 0 fully saturated rings. The normalized spacial score (nSPS) is 11.1. The van der Waals surface area contributed by atoms with Gasteiger partial charge >= 0.3 is 0 Å². The third-order valence-electron chi connectivity index (χ3n) is 3.13. The van der Waals surface area contributed by atoms with E-state index in [0.717, 1.165) is 0 Å². The Morgan fingerprint density at radius 3 is 1.33 bits per heavy atom. The van der Waals surface area contributed by atoms with Crippen LogP contribution < -0.4 is 5.32 Å². The third kappa shape index (κ3) is 3.36. The second kappa shape index (κ2) is 6.17. The van der Waals surface area contributed by atoms with Crippen LogP contribution >= 0.6 is 0 Å². The van der Waals surface area contributed by atoms with Crippen molar-refractivity contribution < 1.29 is 0 Å². The minimum absolute atomic E-state index is 0.102. The van der Waals surface area contributed by atoms with Crippen LogP contribution in [0.1, 0.15) is 39.3 Å². The van der Waals surface area contributed by atoms with E-state index in [1.54, 1.807) is 38.1 Å². The zero-order valence-corrected chi connectivity index (χ0v) is 13.6. The summed E-state index contributed by atoms with van der Waals surface area (Å²) < 4.78 is 0. The molecule has 1 aromatic heterocycles. The summed E-state index contributed by atoms with van der Waals surface area (Å²) in [6.45, 7) is 5.75. The topological polar surface area (TPSA) is 170 Å². The molecule has 0 aromatic carbocycles. The van der Waals surface area contributed by atoms with Crippen molar-refractivity contribution in [3.8, 4) is 30.3 Å². The molecule has 0 aliphatic heterocycles. The number of hydrogen-bond donors (Lipinski definition) is 1. The van der Waals surface area contributed by atoms with Gasteiger partial charge in [0.1, 0.15) is 5.54 Å². The van der Waals surface area contributed by atoms with Crippen LogP contribution in [0, 0.1) is 56.7 Å². The number of nitrogens with one attached hydrogen (secondary N) is 1. The van der Waals surface area contributed by atoms with Gasteiger partial charge in [-0.15, -0.1) is 0 Å². The summed E-state index contributed by atoms with van der Waals surface area (Å²) in [5, 5.41) is 48.8. The lowest BCUT2D eigenvalue weighted by molar-refractivity contribution is 0.633. The van der Waals surface area contributed by atoms with E-state index in [4.69, 9.17) is 5.26 Å². The molecule has 0 unspecified atom stereocenters. The predicted octanol–water partition coefficient (Wildman–Crippen LogP) is 1.20. The molecule has 0 radical (unpaired) electrons. The van der Waals surface area contributed by atoms with Gasteiger partial charge in [-0.1, -0.05) is 0 Å². The van der Waals surface area contributed by atoms with Gasteiger partial charge in [0.15, 0.2) is 22.5 Å². The minimum Gasteiger partial charge on any atom is -0.336 e. The van der Waals surface area contributed by atoms with Crippen LogP contribution in [0.25, 0.3) is 0 Å². The standard InChI is InChI=1S/C15H13N9/c1-13(2,5-16)24-12-22-10(14(3,6-17)7-18)21-11(23-12)15(4,8-19)9-20/h1-4H3,(H,21,22,23,24). The van der Waals surface area contributed by atoms with Crippen molar-refractivity contribution in [1.29, 1.82) is 26.3 Å². The molecule has 1 aromatic rings. The summed E-state index contributed by atoms with van der Waals surface area (Å²) >= 11 is 0. The molecule has 0 amide bonds. The zero-order valence-electron chi connectivity index (χ0n) is 13.6. The molecule has 0 aliphatic carbocycles. The van der Waals surface area contributed by atoms with Crippen molar-refractivity contribution >= 4 is 5.95 Å². The Bertz CT molecular complexity index is 780. The molecule has 0 saturated carbocycles. The van der Waals surface area contributed by atoms with E-state index in [1.807, 2.05) is 6.07 Å². The zero-order chi connectivity index (χ0) is 18.6. The Labute approximate surface area is 139 Å². The molecule has 1 N–H and O–H groups in total. The Balaban J connectivity index is 3.70. The number of aromatic nitrogens is 3. The highest BCUT2D eigenvalue weighted by Gasteiger charge is 2.37. The van der Waals surface area contributed by atoms with Gasteiger partial charge in [-0.3, -0.25) is 0 Å². The maximum Gasteiger partial charge on any atom is 0.227 e. The van der Waals surface area contributed by atoms with Crippen molar-refractivity contribution in [3.63, 3.8) is 0 Å². The van der Waals surface area contributed by atoms with E-state index in [9.17, 15) is 21.0 Å². The fourth-order valence-electron chi connectivity index (χ4n) is 1.44. The summed E-state index contributed by atoms with van der Waals surface area (Å²) in [4.78, 5) is 12.0. The first-order valence-corrected chi connectivity index (χ1v) is 6.71. The Kier molecular flexibility index (Phi) is 4.71. The lowest BCUT2D eigenvalue weighted by Crippen LogP contribution is -2.33. The summed E-state index contributed by atoms with van der Waals surface area (Å²) in [6.07, 6.45) is 0. The van der Waals surface area contributed by atoms with Gasteiger partial charge in [-0.25, -0.2) is 4.98 Å². The van der Waals surface area contributed by atoms with E-state index in [-0.39, 0.29) is 17.6 Å². The number of anilines is 1. The lowest BCUT2D eigenvalue weighted by Gasteiger charge is -2.21. The second-order valence-corrected chi connectivity index (χ2v) is 5.87. The first-order chi connectivity index (χ1) is 11.1. The maximum atomic E-state index is 9.24. The average Bonchev–Trinajstić information content (AvgIpc) is 2.59. The monoisotopic (exact) mass is 319 g/mol.